The van der Waals surface area contributed by atoms with E-state index in [0.717, 1.165) is 11.1 Å². The molecule has 0 unspecified atom stereocenters. The summed E-state index contributed by atoms with van der Waals surface area (Å²) in [5.74, 6) is 0.987. The van der Waals surface area contributed by atoms with Gasteiger partial charge in [0.15, 0.2) is 11.5 Å². The average molecular weight is 538 g/mol. The van der Waals surface area contributed by atoms with Crippen LogP contribution in [0.1, 0.15) is 37.4 Å². The maximum atomic E-state index is 13.4. The van der Waals surface area contributed by atoms with Crippen LogP contribution in [0.5, 0.6) is 11.5 Å². The summed E-state index contributed by atoms with van der Waals surface area (Å²) in [7, 11) is 3.16. The van der Waals surface area contributed by atoms with Gasteiger partial charge in [0.05, 0.1) is 36.8 Å². The standard InChI is InChI=1S/C32H31N3O3S/c1-5-29(31(36)34-21(2)22-13-8-6-9-14-22)39-32-26(20-33)25(19-27(35-32)23-15-10-7-11-16-23)24-17-12-18-28(37-3)30(24)38-4/h6-19,21,29H,5H2,1-4H3,(H,34,36)/t21-,29+/m1/s1. The number of aromatic nitrogens is 1. The van der Waals surface area contributed by atoms with Crippen molar-refractivity contribution < 1.29 is 14.3 Å². The van der Waals surface area contributed by atoms with Gasteiger partial charge >= 0.3 is 0 Å². The first-order chi connectivity index (χ1) is 19.0. The summed E-state index contributed by atoms with van der Waals surface area (Å²) in [6.07, 6.45) is 0.567. The SMILES string of the molecule is CC[C@H](Sc1nc(-c2ccccc2)cc(-c2cccc(OC)c2OC)c1C#N)C(=O)N[C@H](C)c1ccccc1. The number of rotatable bonds is 10. The number of thioether (sulfide) groups is 1. The number of hydrogen-bond donors (Lipinski definition) is 1. The molecule has 7 heteroatoms. The molecule has 0 aliphatic carbocycles. The first kappa shape index (κ1) is 27.7. The Labute approximate surface area is 234 Å². The van der Waals surface area contributed by atoms with Gasteiger partial charge in [-0.05, 0) is 31.0 Å². The van der Waals surface area contributed by atoms with Gasteiger partial charge in [-0.15, -0.1) is 0 Å². The first-order valence-electron chi connectivity index (χ1n) is 12.7. The van der Waals surface area contributed by atoms with Gasteiger partial charge in [-0.3, -0.25) is 4.79 Å². The van der Waals surface area contributed by atoms with Gasteiger partial charge in [0, 0.05) is 16.7 Å². The molecule has 2 atom stereocenters. The fourth-order valence-corrected chi connectivity index (χ4v) is 5.41. The first-order valence-corrected chi connectivity index (χ1v) is 13.6. The third kappa shape index (κ3) is 6.24. The Kier molecular flexibility index (Phi) is 9.24. The van der Waals surface area contributed by atoms with E-state index in [2.05, 4.69) is 11.4 Å². The molecule has 1 amide bonds. The number of carbonyl (C=O) groups excluding carboxylic acids is 1. The van der Waals surface area contributed by atoms with Crippen molar-refractivity contribution in [2.75, 3.05) is 14.2 Å². The van der Waals surface area contributed by atoms with Gasteiger partial charge in [-0.25, -0.2) is 4.98 Å². The number of benzene rings is 3. The van der Waals surface area contributed by atoms with E-state index in [9.17, 15) is 10.1 Å². The minimum atomic E-state index is -0.443. The monoisotopic (exact) mass is 537 g/mol. The average Bonchev–Trinajstić information content (AvgIpc) is 2.99. The van der Waals surface area contributed by atoms with Crippen LogP contribution in [0, 0.1) is 11.3 Å². The van der Waals surface area contributed by atoms with E-state index in [0.29, 0.717) is 45.3 Å². The fraction of sp³-hybridized carbons (Fsp3) is 0.219. The van der Waals surface area contributed by atoms with Gasteiger partial charge in [-0.2, -0.15) is 5.26 Å². The Bertz CT molecular complexity index is 1470. The highest BCUT2D eigenvalue weighted by molar-refractivity contribution is 8.00. The van der Waals surface area contributed by atoms with Crippen molar-refractivity contribution in [2.24, 2.45) is 0 Å². The van der Waals surface area contributed by atoms with Crippen LogP contribution >= 0.6 is 11.8 Å². The molecule has 0 fully saturated rings. The molecule has 0 radical (unpaired) electrons. The lowest BCUT2D eigenvalue weighted by molar-refractivity contribution is -0.121. The molecule has 1 heterocycles. The van der Waals surface area contributed by atoms with E-state index >= 15 is 0 Å². The Morgan fingerprint density at radius 1 is 0.974 bits per heavy atom. The van der Waals surface area contributed by atoms with E-state index < -0.39 is 5.25 Å². The van der Waals surface area contributed by atoms with E-state index in [4.69, 9.17) is 14.5 Å². The van der Waals surface area contributed by atoms with Crippen molar-refractivity contribution in [2.45, 2.75) is 36.6 Å². The van der Waals surface area contributed by atoms with Crippen molar-refractivity contribution in [3.05, 3.63) is 96.1 Å². The van der Waals surface area contributed by atoms with Crippen LogP contribution in [-0.2, 0) is 4.79 Å². The summed E-state index contributed by atoms with van der Waals surface area (Å²) >= 11 is 1.31. The Balaban J connectivity index is 1.79. The Hall–Kier alpha value is -4.28. The molecule has 0 saturated heterocycles. The fourth-order valence-electron chi connectivity index (χ4n) is 4.37. The topological polar surface area (TPSA) is 84.2 Å². The van der Waals surface area contributed by atoms with Gasteiger partial charge in [-0.1, -0.05) is 91.5 Å². The zero-order chi connectivity index (χ0) is 27.8. The van der Waals surface area contributed by atoms with E-state index in [1.807, 2.05) is 98.8 Å². The van der Waals surface area contributed by atoms with Crippen LogP contribution in [0.4, 0.5) is 0 Å². The van der Waals surface area contributed by atoms with Crippen molar-refractivity contribution in [1.82, 2.24) is 10.3 Å². The number of nitrogens with zero attached hydrogens (tertiary/aromatic N) is 2. The van der Waals surface area contributed by atoms with Gasteiger partial charge in [0.2, 0.25) is 5.91 Å². The molecular weight excluding hydrogens is 506 g/mol. The van der Waals surface area contributed by atoms with E-state index in [1.165, 1.54) is 11.8 Å². The molecule has 0 saturated carbocycles. The third-order valence-corrected chi connectivity index (χ3v) is 7.79. The van der Waals surface area contributed by atoms with Crippen LogP contribution in [0.3, 0.4) is 0 Å². The summed E-state index contributed by atoms with van der Waals surface area (Å²) in [5.41, 5.74) is 4.39. The van der Waals surface area contributed by atoms with Crippen LogP contribution in [-0.4, -0.2) is 30.4 Å². The normalized spacial score (nSPS) is 12.2. The largest absolute Gasteiger partial charge is 0.493 e. The van der Waals surface area contributed by atoms with Gasteiger partial charge in [0.25, 0.3) is 0 Å². The van der Waals surface area contributed by atoms with Crippen molar-refractivity contribution in [3.63, 3.8) is 0 Å². The van der Waals surface area contributed by atoms with Gasteiger partial charge < -0.3 is 14.8 Å². The number of pyridine rings is 1. The minimum absolute atomic E-state index is 0.102. The molecule has 6 nitrogen and oxygen atoms in total. The van der Waals surface area contributed by atoms with Crippen LogP contribution < -0.4 is 14.8 Å². The third-order valence-electron chi connectivity index (χ3n) is 6.44. The Morgan fingerprint density at radius 2 is 1.67 bits per heavy atom. The highest BCUT2D eigenvalue weighted by Gasteiger charge is 2.26. The van der Waals surface area contributed by atoms with Crippen LogP contribution in [0.2, 0.25) is 0 Å². The number of nitrogens with one attached hydrogen (secondary N) is 1. The maximum Gasteiger partial charge on any atom is 0.234 e. The van der Waals surface area contributed by atoms with E-state index in [-0.39, 0.29) is 11.9 Å². The highest BCUT2D eigenvalue weighted by atomic mass is 32.2. The Morgan fingerprint density at radius 3 is 2.28 bits per heavy atom. The number of ether oxygens (including phenoxy) is 2. The molecule has 0 spiro atoms. The number of amides is 1. The summed E-state index contributed by atoms with van der Waals surface area (Å²) < 4.78 is 11.2. The lowest BCUT2D eigenvalue weighted by atomic mass is 9.98. The molecule has 4 rings (SSSR count). The van der Waals surface area contributed by atoms with Crippen LogP contribution in [0.25, 0.3) is 22.4 Å². The molecule has 39 heavy (non-hydrogen) atoms. The predicted octanol–water partition coefficient (Wildman–Crippen LogP) is 7.05. The quantitative estimate of drug-likeness (QED) is 0.218. The number of methoxy groups -OCH3 is 2. The lowest BCUT2D eigenvalue weighted by Gasteiger charge is -2.21. The summed E-state index contributed by atoms with van der Waals surface area (Å²) in [6, 6.07) is 29.3. The van der Waals surface area contributed by atoms with Gasteiger partial charge in [0.1, 0.15) is 11.1 Å². The summed E-state index contributed by atoms with van der Waals surface area (Å²) in [6.45, 7) is 3.93. The van der Waals surface area contributed by atoms with E-state index in [1.54, 1.807) is 14.2 Å². The van der Waals surface area contributed by atoms with Crippen molar-refractivity contribution >= 4 is 17.7 Å². The van der Waals surface area contributed by atoms with Crippen molar-refractivity contribution in [1.29, 1.82) is 5.26 Å². The smallest absolute Gasteiger partial charge is 0.234 e. The second-order valence-corrected chi connectivity index (χ2v) is 10.1. The molecular formula is C32H31N3O3S. The molecule has 3 aromatic carbocycles. The number of nitriles is 1. The molecule has 0 aliphatic heterocycles. The molecule has 1 N–H and O–H groups in total. The second-order valence-electron chi connectivity index (χ2n) is 8.91. The highest BCUT2D eigenvalue weighted by Crippen LogP contribution is 2.43. The van der Waals surface area contributed by atoms with Crippen LogP contribution in [0.15, 0.2) is 90.0 Å². The molecule has 1 aromatic heterocycles. The second kappa shape index (κ2) is 13.0. The van der Waals surface area contributed by atoms with Crippen molar-refractivity contribution in [3.8, 4) is 40.0 Å². The maximum absolute atomic E-state index is 13.4. The molecule has 0 aliphatic rings. The minimum Gasteiger partial charge on any atom is -0.493 e. The summed E-state index contributed by atoms with van der Waals surface area (Å²) in [4.78, 5) is 18.3. The predicted molar refractivity (Wildman–Crippen MR) is 156 cm³/mol. The number of carbonyl (C=O) groups is 1. The zero-order valence-corrected chi connectivity index (χ0v) is 23.3. The molecule has 4 aromatic rings. The lowest BCUT2D eigenvalue weighted by Crippen LogP contribution is -2.34. The molecule has 0 bridgehead atoms. The zero-order valence-electron chi connectivity index (χ0n) is 22.5. The molecule has 198 valence electrons. The summed E-state index contributed by atoms with van der Waals surface area (Å²) in [5, 5.41) is 13.5. The number of hydrogen-bond acceptors (Lipinski definition) is 6. The number of para-hydroxylation sites is 1.